The van der Waals surface area contributed by atoms with E-state index >= 15 is 0 Å². The van der Waals surface area contributed by atoms with Gasteiger partial charge in [-0.1, -0.05) is 5.16 Å². The lowest BCUT2D eigenvalue weighted by molar-refractivity contribution is 0.439. The largest absolute Gasteiger partial charge is 0.419 e. The van der Waals surface area contributed by atoms with Gasteiger partial charge < -0.3 is 14.7 Å². The van der Waals surface area contributed by atoms with Crippen LogP contribution in [0, 0.1) is 0 Å². The van der Waals surface area contributed by atoms with E-state index in [4.69, 9.17) is 14.7 Å². The van der Waals surface area contributed by atoms with Gasteiger partial charge in [0.1, 0.15) is 5.69 Å². The SMILES string of the molecule is CCn1c(=O)oc2ccc(-c3cc(N)on3)cc21. The molecule has 6 heteroatoms. The highest BCUT2D eigenvalue weighted by atomic mass is 16.5. The molecule has 0 saturated heterocycles. The number of nitrogens with two attached hydrogens (primary N) is 1. The highest BCUT2D eigenvalue weighted by Crippen LogP contribution is 2.24. The predicted molar refractivity (Wildman–Crippen MR) is 66.1 cm³/mol. The van der Waals surface area contributed by atoms with Gasteiger partial charge in [-0.3, -0.25) is 4.57 Å². The van der Waals surface area contributed by atoms with Gasteiger partial charge in [0.05, 0.1) is 5.52 Å². The number of oxazole rings is 1. The Kier molecular flexibility index (Phi) is 2.22. The molecule has 92 valence electrons. The van der Waals surface area contributed by atoms with Crippen LogP contribution in [-0.2, 0) is 6.54 Å². The average molecular weight is 245 g/mol. The maximum atomic E-state index is 11.6. The molecule has 0 unspecified atom stereocenters. The Balaban J connectivity index is 2.24. The van der Waals surface area contributed by atoms with Crippen molar-refractivity contribution in [2.45, 2.75) is 13.5 Å². The van der Waals surface area contributed by atoms with Crippen molar-refractivity contribution in [1.29, 1.82) is 0 Å². The van der Waals surface area contributed by atoms with Gasteiger partial charge in [-0.15, -0.1) is 0 Å². The molecule has 0 fully saturated rings. The Morgan fingerprint density at radius 2 is 2.22 bits per heavy atom. The number of hydrogen-bond donors (Lipinski definition) is 1. The number of fused-ring (bicyclic) bond motifs is 1. The molecular weight excluding hydrogens is 234 g/mol. The van der Waals surface area contributed by atoms with Crippen molar-refractivity contribution in [1.82, 2.24) is 9.72 Å². The predicted octanol–water partition coefficient (Wildman–Crippen LogP) is 1.85. The van der Waals surface area contributed by atoms with Crippen molar-refractivity contribution in [2.75, 3.05) is 5.73 Å². The summed E-state index contributed by atoms with van der Waals surface area (Å²) in [4.78, 5) is 11.6. The summed E-state index contributed by atoms with van der Waals surface area (Å²) in [6.45, 7) is 2.44. The number of nitrogen functional groups attached to an aromatic ring is 1. The third kappa shape index (κ3) is 1.50. The molecule has 18 heavy (non-hydrogen) atoms. The molecule has 0 amide bonds. The quantitative estimate of drug-likeness (QED) is 0.744. The minimum Gasteiger partial charge on any atom is -0.408 e. The lowest BCUT2D eigenvalue weighted by atomic mass is 10.1. The third-order valence-corrected chi connectivity index (χ3v) is 2.81. The van der Waals surface area contributed by atoms with E-state index in [1.807, 2.05) is 19.1 Å². The molecule has 1 aromatic carbocycles. The Morgan fingerprint density at radius 1 is 1.39 bits per heavy atom. The average Bonchev–Trinajstić information content (AvgIpc) is 2.91. The summed E-state index contributed by atoms with van der Waals surface area (Å²) in [5.41, 5.74) is 8.24. The Hall–Kier alpha value is -2.50. The van der Waals surface area contributed by atoms with Crippen molar-refractivity contribution >= 4 is 17.0 Å². The van der Waals surface area contributed by atoms with E-state index in [9.17, 15) is 4.79 Å². The Labute approximate surface area is 102 Å². The van der Waals surface area contributed by atoms with Gasteiger partial charge in [0.2, 0.25) is 5.88 Å². The molecule has 0 saturated carbocycles. The van der Waals surface area contributed by atoms with Crippen LogP contribution in [0.3, 0.4) is 0 Å². The van der Waals surface area contributed by atoms with Crippen LogP contribution in [-0.4, -0.2) is 9.72 Å². The zero-order valence-electron chi connectivity index (χ0n) is 9.71. The summed E-state index contributed by atoms with van der Waals surface area (Å²) in [5.74, 6) is -0.102. The fourth-order valence-corrected chi connectivity index (χ4v) is 1.95. The maximum Gasteiger partial charge on any atom is 0.419 e. The van der Waals surface area contributed by atoms with E-state index in [1.54, 1.807) is 16.7 Å². The lowest BCUT2D eigenvalue weighted by Crippen LogP contribution is -2.11. The minimum atomic E-state index is -0.357. The van der Waals surface area contributed by atoms with Gasteiger partial charge in [0, 0.05) is 18.2 Å². The van der Waals surface area contributed by atoms with E-state index in [1.165, 1.54) is 0 Å². The van der Waals surface area contributed by atoms with Crippen molar-refractivity contribution in [2.24, 2.45) is 0 Å². The summed E-state index contributed by atoms with van der Waals surface area (Å²) < 4.78 is 11.5. The molecule has 2 aromatic heterocycles. The Morgan fingerprint density at radius 3 is 2.89 bits per heavy atom. The van der Waals surface area contributed by atoms with Crippen LogP contribution in [0.4, 0.5) is 5.88 Å². The van der Waals surface area contributed by atoms with Gasteiger partial charge in [0.25, 0.3) is 0 Å². The Bertz CT molecular complexity index is 766. The molecule has 0 aliphatic heterocycles. The van der Waals surface area contributed by atoms with Crippen molar-refractivity contribution < 1.29 is 8.94 Å². The van der Waals surface area contributed by atoms with Crippen molar-refractivity contribution in [3.05, 3.63) is 34.8 Å². The number of aromatic nitrogens is 2. The highest BCUT2D eigenvalue weighted by Gasteiger charge is 2.11. The summed E-state index contributed by atoms with van der Waals surface area (Å²) in [6.07, 6.45) is 0. The normalized spacial score (nSPS) is 11.2. The second-order valence-corrected chi connectivity index (χ2v) is 3.91. The van der Waals surface area contributed by atoms with Crippen LogP contribution in [0.5, 0.6) is 0 Å². The van der Waals surface area contributed by atoms with Crippen LogP contribution in [0.15, 0.2) is 38.0 Å². The fourth-order valence-electron chi connectivity index (χ4n) is 1.95. The third-order valence-electron chi connectivity index (χ3n) is 2.81. The molecule has 0 atom stereocenters. The number of nitrogens with zero attached hydrogens (tertiary/aromatic N) is 2. The number of hydrogen-bond acceptors (Lipinski definition) is 5. The molecule has 2 N–H and O–H groups in total. The van der Waals surface area contributed by atoms with Gasteiger partial charge in [-0.2, -0.15) is 0 Å². The first-order valence-electron chi connectivity index (χ1n) is 5.55. The van der Waals surface area contributed by atoms with Crippen LogP contribution in [0.25, 0.3) is 22.4 Å². The van der Waals surface area contributed by atoms with E-state index < -0.39 is 0 Å². The standard InChI is InChI=1S/C12H11N3O3/c1-2-15-9-5-7(8-6-11(13)18-14-8)3-4-10(9)17-12(15)16/h3-6H,2,13H2,1H3. The topological polar surface area (TPSA) is 87.2 Å². The van der Waals surface area contributed by atoms with Gasteiger partial charge in [-0.05, 0) is 25.1 Å². The molecule has 6 nitrogen and oxygen atoms in total. The molecule has 2 heterocycles. The molecule has 3 aromatic rings. The van der Waals surface area contributed by atoms with Crippen molar-refractivity contribution in [3.63, 3.8) is 0 Å². The second kappa shape index (κ2) is 3.76. The number of benzene rings is 1. The van der Waals surface area contributed by atoms with Crippen LogP contribution < -0.4 is 11.5 Å². The molecule has 0 aliphatic carbocycles. The van der Waals surface area contributed by atoms with Gasteiger partial charge in [0.15, 0.2) is 5.58 Å². The molecule has 0 bridgehead atoms. The summed E-state index contributed by atoms with van der Waals surface area (Å²) in [5, 5.41) is 3.84. The van der Waals surface area contributed by atoms with Crippen LogP contribution in [0.1, 0.15) is 6.92 Å². The zero-order valence-corrected chi connectivity index (χ0v) is 9.71. The number of anilines is 1. The van der Waals surface area contributed by atoms with Crippen LogP contribution >= 0.6 is 0 Å². The first-order chi connectivity index (χ1) is 8.69. The fraction of sp³-hybridized carbons (Fsp3) is 0.167. The number of aryl methyl sites for hydroxylation is 1. The van der Waals surface area contributed by atoms with Crippen LogP contribution in [0.2, 0.25) is 0 Å². The molecule has 3 rings (SSSR count). The molecule has 0 aliphatic rings. The second-order valence-electron chi connectivity index (χ2n) is 3.91. The summed E-state index contributed by atoms with van der Waals surface area (Å²) >= 11 is 0. The minimum absolute atomic E-state index is 0.255. The maximum absolute atomic E-state index is 11.6. The highest BCUT2D eigenvalue weighted by molar-refractivity contribution is 5.80. The van der Waals surface area contributed by atoms with Gasteiger partial charge >= 0.3 is 5.76 Å². The summed E-state index contributed by atoms with van der Waals surface area (Å²) in [7, 11) is 0. The van der Waals surface area contributed by atoms with E-state index in [0.717, 1.165) is 11.1 Å². The van der Waals surface area contributed by atoms with E-state index in [0.29, 0.717) is 17.8 Å². The smallest absolute Gasteiger partial charge is 0.408 e. The zero-order chi connectivity index (χ0) is 12.7. The van der Waals surface area contributed by atoms with Crippen molar-refractivity contribution in [3.8, 4) is 11.3 Å². The molecular formula is C12H11N3O3. The first-order valence-corrected chi connectivity index (χ1v) is 5.55. The first kappa shape index (κ1) is 10.6. The lowest BCUT2D eigenvalue weighted by Gasteiger charge is -1.98. The van der Waals surface area contributed by atoms with E-state index in [-0.39, 0.29) is 11.6 Å². The van der Waals surface area contributed by atoms with Gasteiger partial charge in [-0.25, -0.2) is 4.79 Å². The number of rotatable bonds is 2. The van der Waals surface area contributed by atoms with E-state index in [2.05, 4.69) is 5.16 Å². The monoisotopic (exact) mass is 245 g/mol. The summed E-state index contributed by atoms with van der Waals surface area (Å²) in [6, 6.07) is 7.02. The molecule has 0 radical (unpaired) electrons. The molecule has 0 spiro atoms.